The van der Waals surface area contributed by atoms with Gasteiger partial charge in [0.05, 0.1) is 6.07 Å². The molecule has 25 heavy (non-hydrogen) atoms. The maximum Gasteiger partial charge on any atom is 0.355 e. The lowest BCUT2D eigenvalue weighted by Gasteiger charge is -2.27. The molecule has 2 N–H and O–H groups in total. The highest BCUT2D eigenvalue weighted by molar-refractivity contribution is 5.97. The van der Waals surface area contributed by atoms with Gasteiger partial charge in [-0.05, 0) is 49.9 Å². The van der Waals surface area contributed by atoms with Gasteiger partial charge in [0, 0.05) is 10.9 Å². The molecule has 1 heterocycles. The van der Waals surface area contributed by atoms with Gasteiger partial charge in [-0.3, -0.25) is 4.79 Å². The highest BCUT2D eigenvalue weighted by Crippen LogP contribution is 2.22. The fraction of sp³-hybridized carbons (Fsp3) is 0.421. The molecule has 0 radical (unpaired) electrons. The first-order valence-corrected chi connectivity index (χ1v) is 8.15. The summed E-state index contributed by atoms with van der Waals surface area (Å²) in [4.78, 5) is 27.2. The highest BCUT2D eigenvalue weighted by atomic mass is 16.5. The maximum absolute atomic E-state index is 12.2. The average molecular weight is 341 g/mol. The van der Waals surface area contributed by atoms with Crippen LogP contribution in [0.15, 0.2) is 18.2 Å². The Bertz CT molecular complexity index is 861. The van der Waals surface area contributed by atoms with Gasteiger partial charge in [-0.15, -0.1) is 0 Å². The molecule has 1 amide bonds. The van der Waals surface area contributed by atoms with Crippen molar-refractivity contribution in [3.8, 4) is 6.07 Å². The standard InChI is InChI=1S/C19H23N3O3/c1-11(2)19(5,10-20)22-17(23)9-25-18(24)16-8-14-13(4)6-12(3)7-15(14)21-16/h6-8,11,21H,9H2,1-5H3,(H,22,23). The molecule has 1 unspecified atom stereocenters. The minimum absolute atomic E-state index is 0.0722. The van der Waals surface area contributed by atoms with Crippen LogP contribution in [0.2, 0.25) is 0 Å². The molecule has 1 aromatic carbocycles. The van der Waals surface area contributed by atoms with Gasteiger partial charge in [-0.2, -0.15) is 5.26 Å². The van der Waals surface area contributed by atoms with E-state index in [0.29, 0.717) is 5.69 Å². The fourth-order valence-corrected chi connectivity index (χ4v) is 2.55. The fourth-order valence-electron chi connectivity index (χ4n) is 2.55. The zero-order valence-corrected chi connectivity index (χ0v) is 15.2. The zero-order valence-electron chi connectivity index (χ0n) is 15.2. The van der Waals surface area contributed by atoms with Gasteiger partial charge in [-0.25, -0.2) is 4.79 Å². The van der Waals surface area contributed by atoms with Crippen molar-refractivity contribution in [1.29, 1.82) is 5.26 Å². The number of nitrogens with one attached hydrogen (secondary N) is 2. The normalized spacial score (nSPS) is 13.3. The van der Waals surface area contributed by atoms with Crippen molar-refractivity contribution >= 4 is 22.8 Å². The van der Waals surface area contributed by atoms with Crippen molar-refractivity contribution < 1.29 is 14.3 Å². The third-order valence-electron chi connectivity index (χ3n) is 4.43. The summed E-state index contributed by atoms with van der Waals surface area (Å²) < 4.78 is 5.07. The lowest BCUT2D eigenvalue weighted by atomic mass is 9.90. The first kappa shape index (κ1) is 18.5. The van der Waals surface area contributed by atoms with Crippen molar-refractivity contribution in [2.45, 2.75) is 40.2 Å². The Hall–Kier alpha value is -2.81. The van der Waals surface area contributed by atoms with E-state index in [9.17, 15) is 14.9 Å². The van der Waals surface area contributed by atoms with E-state index >= 15 is 0 Å². The molecule has 0 fully saturated rings. The second-order valence-electron chi connectivity index (χ2n) is 6.82. The number of aromatic nitrogens is 1. The third-order valence-corrected chi connectivity index (χ3v) is 4.43. The maximum atomic E-state index is 12.2. The molecule has 0 spiro atoms. The van der Waals surface area contributed by atoms with E-state index in [1.165, 1.54) is 0 Å². The summed E-state index contributed by atoms with van der Waals surface area (Å²) in [5, 5.41) is 12.8. The zero-order chi connectivity index (χ0) is 18.8. The van der Waals surface area contributed by atoms with Gasteiger partial charge in [-0.1, -0.05) is 19.9 Å². The molecule has 0 aliphatic heterocycles. The number of fused-ring (bicyclic) bond motifs is 1. The Morgan fingerprint density at radius 1 is 1.32 bits per heavy atom. The molecule has 1 atom stereocenters. The largest absolute Gasteiger partial charge is 0.451 e. The molecule has 2 rings (SSSR count). The van der Waals surface area contributed by atoms with E-state index in [1.54, 1.807) is 13.0 Å². The van der Waals surface area contributed by atoms with Crippen molar-refractivity contribution in [2.24, 2.45) is 5.92 Å². The number of esters is 1. The van der Waals surface area contributed by atoms with E-state index in [0.717, 1.165) is 22.0 Å². The molecule has 0 aliphatic carbocycles. The Kier molecular flexibility index (Phi) is 5.17. The smallest absolute Gasteiger partial charge is 0.355 e. The predicted octanol–water partition coefficient (Wildman–Crippen LogP) is 3.00. The van der Waals surface area contributed by atoms with E-state index in [-0.39, 0.29) is 5.92 Å². The minimum Gasteiger partial charge on any atom is -0.451 e. The number of hydrogen-bond acceptors (Lipinski definition) is 4. The number of amides is 1. The van der Waals surface area contributed by atoms with E-state index in [4.69, 9.17) is 4.74 Å². The van der Waals surface area contributed by atoms with Crippen LogP contribution in [0.1, 0.15) is 42.4 Å². The number of carbonyl (C=O) groups excluding carboxylic acids is 2. The van der Waals surface area contributed by atoms with E-state index in [1.807, 2.05) is 39.8 Å². The van der Waals surface area contributed by atoms with Gasteiger partial charge in [0.2, 0.25) is 0 Å². The van der Waals surface area contributed by atoms with Crippen LogP contribution in [0.5, 0.6) is 0 Å². The second-order valence-corrected chi connectivity index (χ2v) is 6.82. The number of rotatable bonds is 5. The predicted molar refractivity (Wildman–Crippen MR) is 95.1 cm³/mol. The number of H-pyrrole nitrogens is 1. The summed E-state index contributed by atoms with van der Waals surface area (Å²) in [6.45, 7) is 8.84. The summed E-state index contributed by atoms with van der Waals surface area (Å²) in [5.41, 5.74) is 2.30. The van der Waals surface area contributed by atoms with Gasteiger partial charge in [0.25, 0.3) is 5.91 Å². The molecule has 1 aromatic heterocycles. The first-order valence-electron chi connectivity index (χ1n) is 8.15. The van der Waals surface area contributed by atoms with Gasteiger partial charge >= 0.3 is 5.97 Å². The van der Waals surface area contributed by atoms with Crippen LogP contribution in [-0.4, -0.2) is 29.0 Å². The first-order chi connectivity index (χ1) is 11.7. The molecule has 6 heteroatoms. The Labute approximate surface area is 147 Å². The van der Waals surface area contributed by atoms with E-state index < -0.39 is 24.0 Å². The minimum atomic E-state index is -1.00. The van der Waals surface area contributed by atoms with Crippen LogP contribution >= 0.6 is 0 Å². The number of carbonyl (C=O) groups is 2. The monoisotopic (exact) mass is 341 g/mol. The van der Waals surface area contributed by atoms with Crippen molar-refractivity contribution in [3.05, 3.63) is 35.0 Å². The number of aryl methyl sites for hydroxylation is 2. The highest BCUT2D eigenvalue weighted by Gasteiger charge is 2.30. The van der Waals surface area contributed by atoms with Gasteiger partial charge in [0.1, 0.15) is 11.2 Å². The Morgan fingerprint density at radius 3 is 2.60 bits per heavy atom. The lowest BCUT2D eigenvalue weighted by Crippen LogP contribution is -2.50. The number of benzene rings is 1. The lowest BCUT2D eigenvalue weighted by molar-refractivity contribution is -0.125. The molecular formula is C19H23N3O3. The van der Waals surface area contributed by atoms with Crippen LogP contribution in [-0.2, 0) is 9.53 Å². The molecular weight excluding hydrogens is 318 g/mol. The van der Waals surface area contributed by atoms with Crippen molar-refractivity contribution in [1.82, 2.24) is 10.3 Å². The summed E-state index contributed by atoms with van der Waals surface area (Å²) in [6.07, 6.45) is 0. The Balaban J connectivity index is 2.05. The van der Waals surface area contributed by atoms with Crippen LogP contribution in [0, 0.1) is 31.1 Å². The molecule has 0 bridgehead atoms. The summed E-state index contributed by atoms with van der Waals surface area (Å²) in [7, 11) is 0. The molecule has 0 aliphatic rings. The second kappa shape index (κ2) is 6.98. The number of aromatic amines is 1. The van der Waals surface area contributed by atoms with E-state index in [2.05, 4.69) is 16.4 Å². The molecule has 6 nitrogen and oxygen atoms in total. The van der Waals surface area contributed by atoms with Gasteiger partial charge in [0.15, 0.2) is 6.61 Å². The summed E-state index contributed by atoms with van der Waals surface area (Å²) in [6, 6.07) is 7.79. The van der Waals surface area contributed by atoms with Crippen LogP contribution in [0.25, 0.3) is 10.9 Å². The summed E-state index contributed by atoms with van der Waals surface area (Å²) >= 11 is 0. The van der Waals surface area contributed by atoms with Crippen LogP contribution in [0.3, 0.4) is 0 Å². The summed E-state index contributed by atoms with van der Waals surface area (Å²) in [5.74, 6) is -1.18. The molecule has 0 saturated heterocycles. The topological polar surface area (TPSA) is 95.0 Å². The number of nitriles is 1. The number of ether oxygens (including phenoxy) is 1. The Morgan fingerprint density at radius 2 is 2.00 bits per heavy atom. The number of hydrogen-bond donors (Lipinski definition) is 2. The third kappa shape index (κ3) is 4.00. The quantitative estimate of drug-likeness (QED) is 0.817. The number of nitrogens with zero attached hydrogens (tertiary/aromatic N) is 1. The molecule has 0 saturated carbocycles. The van der Waals surface area contributed by atoms with Crippen molar-refractivity contribution in [3.63, 3.8) is 0 Å². The molecule has 2 aromatic rings. The van der Waals surface area contributed by atoms with Crippen molar-refractivity contribution in [2.75, 3.05) is 6.61 Å². The SMILES string of the molecule is Cc1cc(C)c2cc(C(=O)OCC(=O)NC(C)(C#N)C(C)C)[nH]c2c1. The van der Waals surface area contributed by atoms with Gasteiger partial charge < -0.3 is 15.0 Å². The average Bonchev–Trinajstić information content (AvgIpc) is 2.96. The van der Waals surface area contributed by atoms with Crippen LogP contribution in [0.4, 0.5) is 0 Å². The van der Waals surface area contributed by atoms with Crippen LogP contribution < -0.4 is 5.32 Å². The molecule has 132 valence electrons.